The molecule has 0 unspecified atom stereocenters. The zero-order chi connectivity index (χ0) is 17.1. The second-order valence-corrected chi connectivity index (χ2v) is 5.61. The summed E-state index contributed by atoms with van der Waals surface area (Å²) in [4.78, 5) is 27.9. The lowest BCUT2D eigenvalue weighted by Gasteiger charge is -2.18. The van der Waals surface area contributed by atoms with Gasteiger partial charge >= 0.3 is 5.76 Å². The van der Waals surface area contributed by atoms with Gasteiger partial charge in [-0.25, -0.2) is 4.79 Å². The minimum absolute atomic E-state index is 0.106. The first-order chi connectivity index (χ1) is 11.5. The maximum absolute atomic E-state index is 12.7. The van der Waals surface area contributed by atoms with Crippen molar-refractivity contribution < 1.29 is 9.32 Å². The van der Waals surface area contributed by atoms with E-state index in [1.165, 1.54) is 0 Å². The van der Waals surface area contributed by atoms with Crippen molar-refractivity contribution in [3.63, 3.8) is 0 Å². The van der Waals surface area contributed by atoms with Crippen molar-refractivity contribution in [3.8, 4) is 11.4 Å². The maximum Gasteiger partial charge on any atom is 0.439 e. The highest BCUT2D eigenvalue weighted by atomic mass is 16.5. The molecule has 2 aromatic carbocycles. The Morgan fingerprint density at radius 3 is 2.71 bits per heavy atom. The monoisotopic (exact) mass is 323 g/mol. The van der Waals surface area contributed by atoms with Gasteiger partial charge in [-0.05, 0) is 30.2 Å². The minimum atomic E-state index is -0.626. The van der Waals surface area contributed by atoms with Crippen molar-refractivity contribution in [2.24, 2.45) is 0 Å². The highest BCUT2D eigenvalue weighted by Crippen LogP contribution is 2.17. The number of nitrogens with one attached hydrogen (secondary N) is 1. The molecule has 0 aliphatic rings. The van der Waals surface area contributed by atoms with Crippen LogP contribution in [0.25, 0.3) is 11.4 Å². The maximum atomic E-state index is 12.7. The van der Waals surface area contributed by atoms with Crippen molar-refractivity contribution in [2.75, 3.05) is 7.05 Å². The van der Waals surface area contributed by atoms with E-state index in [4.69, 9.17) is 0 Å². The SMILES string of the molecule is Cc1ccccc1CN(C)C(=O)c1cccc(-c2noc(=O)[nH]2)c1. The number of rotatable bonds is 4. The lowest BCUT2D eigenvalue weighted by molar-refractivity contribution is 0.0785. The van der Waals surface area contributed by atoms with Gasteiger partial charge in [0.1, 0.15) is 0 Å². The summed E-state index contributed by atoms with van der Waals surface area (Å²) in [5.41, 5.74) is 3.39. The normalized spacial score (nSPS) is 10.6. The van der Waals surface area contributed by atoms with Gasteiger partial charge in [-0.3, -0.25) is 14.3 Å². The number of nitrogens with zero attached hydrogens (tertiary/aromatic N) is 2. The smallest absolute Gasteiger partial charge is 0.337 e. The average Bonchev–Trinajstić information content (AvgIpc) is 3.03. The van der Waals surface area contributed by atoms with Crippen molar-refractivity contribution in [1.29, 1.82) is 0 Å². The molecule has 24 heavy (non-hydrogen) atoms. The van der Waals surface area contributed by atoms with Crippen molar-refractivity contribution in [2.45, 2.75) is 13.5 Å². The molecule has 3 aromatic rings. The lowest BCUT2D eigenvalue weighted by Crippen LogP contribution is -2.26. The predicted octanol–water partition coefficient (Wildman–Crippen LogP) is 2.61. The van der Waals surface area contributed by atoms with Gasteiger partial charge < -0.3 is 4.90 Å². The highest BCUT2D eigenvalue weighted by Gasteiger charge is 2.14. The molecule has 1 N–H and O–H groups in total. The first-order valence-electron chi connectivity index (χ1n) is 7.51. The predicted molar refractivity (Wildman–Crippen MR) is 89.5 cm³/mol. The fourth-order valence-electron chi connectivity index (χ4n) is 2.49. The molecule has 0 aliphatic carbocycles. The Balaban J connectivity index is 1.82. The molecule has 0 fully saturated rings. The largest absolute Gasteiger partial charge is 0.439 e. The van der Waals surface area contributed by atoms with E-state index in [-0.39, 0.29) is 5.91 Å². The molecule has 0 spiro atoms. The molecule has 0 bridgehead atoms. The van der Waals surface area contributed by atoms with Crippen LogP contribution in [0.15, 0.2) is 57.8 Å². The molecule has 1 heterocycles. The van der Waals surface area contributed by atoms with Crippen molar-refractivity contribution >= 4 is 5.91 Å². The summed E-state index contributed by atoms with van der Waals surface area (Å²) in [5, 5.41) is 3.64. The first kappa shape index (κ1) is 15.7. The van der Waals surface area contributed by atoms with Gasteiger partial charge in [0.25, 0.3) is 5.91 Å². The number of aromatic amines is 1. The topological polar surface area (TPSA) is 79.2 Å². The van der Waals surface area contributed by atoms with Crippen LogP contribution in [0.1, 0.15) is 21.5 Å². The van der Waals surface area contributed by atoms with E-state index in [1.54, 1.807) is 36.2 Å². The molecular formula is C18H17N3O3. The van der Waals surface area contributed by atoms with Crippen molar-refractivity contribution in [1.82, 2.24) is 15.0 Å². The Labute approximate surface area is 138 Å². The summed E-state index contributed by atoms with van der Waals surface area (Å²) in [6, 6.07) is 14.9. The molecule has 6 heteroatoms. The van der Waals surface area contributed by atoms with Crippen LogP contribution in [0.3, 0.4) is 0 Å². The van der Waals surface area contributed by atoms with Gasteiger partial charge in [-0.15, -0.1) is 0 Å². The molecular weight excluding hydrogens is 306 g/mol. The molecule has 0 saturated heterocycles. The lowest BCUT2D eigenvalue weighted by atomic mass is 10.1. The van der Waals surface area contributed by atoms with E-state index in [2.05, 4.69) is 14.7 Å². The number of aryl methyl sites for hydroxylation is 1. The zero-order valence-corrected chi connectivity index (χ0v) is 13.4. The summed E-state index contributed by atoms with van der Waals surface area (Å²) in [7, 11) is 1.76. The van der Waals surface area contributed by atoms with Gasteiger partial charge in [0.05, 0.1) is 0 Å². The van der Waals surface area contributed by atoms with E-state index in [0.717, 1.165) is 11.1 Å². The van der Waals surface area contributed by atoms with Crippen LogP contribution in [0.4, 0.5) is 0 Å². The zero-order valence-electron chi connectivity index (χ0n) is 13.4. The summed E-state index contributed by atoms with van der Waals surface area (Å²) >= 11 is 0. The van der Waals surface area contributed by atoms with Crippen LogP contribution in [0.5, 0.6) is 0 Å². The average molecular weight is 323 g/mol. The third-order valence-corrected chi connectivity index (χ3v) is 3.84. The standard InChI is InChI=1S/C18H17N3O3/c1-12-6-3-4-7-15(12)11-21(2)17(22)14-9-5-8-13(10-14)16-19-18(23)24-20-16/h3-10H,11H2,1-2H3,(H,19,20,23). The molecule has 0 aliphatic heterocycles. The summed E-state index contributed by atoms with van der Waals surface area (Å²) < 4.78 is 4.50. The molecule has 1 aromatic heterocycles. The third-order valence-electron chi connectivity index (χ3n) is 3.84. The summed E-state index contributed by atoms with van der Waals surface area (Å²) in [5.74, 6) is -0.430. The fourth-order valence-corrected chi connectivity index (χ4v) is 2.49. The summed E-state index contributed by atoms with van der Waals surface area (Å²) in [6.07, 6.45) is 0. The van der Waals surface area contributed by atoms with E-state index in [0.29, 0.717) is 23.5 Å². The Morgan fingerprint density at radius 2 is 2.00 bits per heavy atom. The number of H-pyrrole nitrogens is 1. The van der Waals surface area contributed by atoms with Crippen LogP contribution < -0.4 is 5.76 Å². The van der Waals surface area contributed by atoms with Crippen LogP contribution in [0, 0.1) is 6.92 Å². The molecule has 1 amide bonds. The van der Waals surface area contributed by atoms with Crippen LogP contribution in [0.2, 0.25) is 0 Å². The van der Waals surface area contributed by atoms with E-state index in [1.807, 2.05) is 31.2 Å². The van der Waals surface area contributed by atoms with E-state index < -0.39 is 5.76 Å². The first-order valence-corrected chi connectivity index (χ1v) is 7.51. The Bertz CT molecular complexity index is 927. The fraction of sp³-hybridized carbons (Fsp3) is 0.167. The Hall–Kier alpha value is -3.15. The number of hydrogen-bond acceptors (Lipinski definition) is 4. The molecule has 0 saturated carbocycles. The van der Waals surface area contributed by atoms with Gasteiger partial charge in [-0.1, -0.05) is 41.6 Å². The van der Waals surface area contributed by atoms with Gasteiger partial charge in [0.15, 0.2) is 5.82 Å². The van der Waals surface area contributed by atoms with Gasteiger partial charge in [0, 0.05) is 24.7 Å². The molecule has 3 rings (SSSR count). The van der Waals surface area contributed by atoms with Crippen LogP contribution >= 0.6 is 0 Å². The molecule has 0 radical (unpaired) electrons. The number of hydrogen-bond donors (Lipinski definition) is 1. The van der Waals surface area contributed by atoms with Crippen LogP contribution in [-0.4, -0.2) is 28.0 Å². The highest BCUT2D eigenvalue weighted by molar-refractivity contribution is 5.95. The summed E-state index contributed by atoms with van der Waals surface area (Å²) in [6.45, 7) is 2.55. The number of amides is 1. The minimum Gasteiger partial charge on any atom is -0.337 e. The molecule has 122 valence electrons. The number of aromatic nitrogens is 2. The van der Waals surface area contributed by atoms with Gasteiger partial charge in [-0.2, -0.15) is 0 Å². The van der Waals surface area contributed by atoms with Crippen molar-refractivity contribution in [3.05, 3.63) is 75.8 Å². The van der Waals surface area contributed by atoms with E-state index >= 15 is 0 Å². The van der Waals surface area contributed by atoms with Crippen LogP contribution in [-0.2, 0) is 6.54 Å². The van der Waals surface area contributed by atoms with E-state index in [9.17, 15) is 9.59 Å². The second-order valence-electron chi connectivity index (χ2n) is 5.61. The number of carbonyl (C=O) groups excluding carboxylic acids is 1. The molecule has 6 nitrogen and oxygen atoms in total. The molecule has 0 atom stereocenters. The second kappa shape index (κ2) is 6.54. The number of benzene rings is 2. The Morgan fingerprint density at radius 1 is 1.21 bits per heavy atom. The Kier molecular flexibility index (Phi) is 4.29. The quantitative estimate of drug-likeness (QED) is 0.800. The third kappa shape index (κ3) is 3.27. The van der Waals surface area contributed by atoms with Gasteiger partial charge in [0.2, 0.25) is 0 Å². The number of carbonyl (C=O) groups is 1.